The Morgan fingerprint density at radius 2 is 2.03 bits per heavy atom. The molecule has 2 N–H and O–H groups in total. The average Bonchev–Trinajstić information content (AvgIpc) is 3.26. The van der Waals surface area contributed by atoms with Crippen molar-refractivity contribution in [3.8, 4) is 0 Å². The Hall–Kier alpha value is -2.65. The second-order valence-electron chi connectivity index (χ2n) is 7.71. The minimum Gasteiger partial charge on any atom is -0.459 e. The lowest BCUT2D eigenvalue weighted by Crippen LogP contribution is -2.45. The SMILES string of the molecule is CC(C)NS(=O)(=O)c1cccc(CNC(=O)C2CCCN(C(=O)c3ccco3)C2)c1. The summed E-state index contributed by atoms with van der Waals surface area (Å²) in [5, 5.41) is 2.87. The number of benzene rings is 1. The third-order valence-electron chi connectivity index (χ3n) is 4.88. The molecule has 2 heterocycles. The van der Waals surface area contributed by atoms with Crippen molar-refractivity contribution in [3.05, 3.63) is 54.0 Å². The summed E-state index contributed by atoms with van der Waals surface area (Å²) in [5.41, 5.74) is 0.689. The zero-order chi connectivity index (χ0) is 21.7. The second-order valence-corrected chi connectivity index (χ2v) is 9.42. The summed E-state index contributed by atoms with van der Waals surface area (Å²) >= 11 is 0. The molecule has 2 aromatic rings. The Morgan fingerprint density at radius 1 is 1.23 bits per heavy atom. The molecule has 0 bridgehead atoms. The van der Waals surface area contributed by atoms with Crippen LogP contribution < -0.4 is 10.0 Å². The molecule has 2 amide bonds. The highest BCUT2D eigenvalue weighted by molar-refractivity contribution is 7.89. The maximum Gasteiger partial charge on any atom is 0.289 e. The van der Waals surface area contributed by atoms with E-state index >= 15 is 0 Å². The number of nitrogens with one attached hydrogen (secondary N) is 2. The normalized spacial score (nSPS) is 17.2. The minimum atomic E-state index is -3.60. The number of amides is 2. The van der Waals surface area contributed by atoms with Crippen LogP contribution in [0.25, 0.3) is 0 Å². The third kappa shape index (κ3) is 5.48. The van der Waals surface area contributed by atoms with Gasteiger partial charge >= 0.3 is 0 Å². The van der Waals surface area contributed by atoms with Crippen LogP contribution in [0.1, 0.15) is 42.8 Å². The number of furan rings is 1. The zero-order valence-corrected chi connectivity index (χ0v) is 17.9. The van der Waals surface area contributed by atoms with Crippen molar-refractivity contribution < 1.29 is 22.4 Å². The van der Waals surface area contributed by atoms with Crippen molar-refractivity contribution in [3.63, 3.8) is 0 Å². The fourth-order valence-corrected chi connectivity index (χ4v) is 4.79. The lowest BCUT2D eigenvalue weighted by Gasteiger charge is -2.31. The van der Waals surface area contributed by atoms with Crippen LogP contribution in [0.2, 0.25) is 0 Å². The first-order valence-electron chi connectivity index (χ1n) is 9.98. The monoisotopic (exact) mass is 433 g/mol. The van der Waals surface area contributed by atoms with Crippen LogP contribution >= 0.6 is 0 Å². The highest BCUT2D eigenvalue weighted by Gasteiger charge is 2.29. The average molecular weight is 434 g/mol. The molecular weight excluding hydrogens is 406 g/mol. The van der Waals surface area contributed by atoms with Crippen LogP contribution in [-0.2, 0) is 21.4 Å². The largest absolute Gasteiger partial charge is 0.459 e. The van der Waals surface area contributed by atoms with Crippen molar-refractivity contribution in [2.24, 2.45) is 5.92 Å². The third-order valence-corrected chi connectivity index (χ3v) is 6.53. The maximum atomic E-state index is 12.7. The number of piperidine rings is 1. The second kappa shape index (κ2) is 9.44. The quantitative estimate of drug-likeness (QED) is 0.695. The Labute approximate surface area is 176 Å². The van der Waals surface area contributed by atoms with Crippen LogP contribution in [-0.4, -0.2) is 44.3 Å². The van der Waals surface area contributed by atoms with E-state index in [1.54, 1.807) is 49.1 Å². The van der Waals surface area contributed by atoms with Gasteiger partial charge in [-0.1, -0.05) is 12.1 Å². The molecule has 1 aromatic carbocycles. The standard InChI is InChI=1S/C21H27N3O5S/c1-15(2)23-30(27,28)18-8-3-6-16(12-18)13-22-20(25)17-7-4-10-24(14-17)21(26)19-9-5-11-29-19/h3,5-6,8-9,11-12,15,17,23H,4,7,10,13-14H2,1-2H3,(H,22,25). The molecule has 1 aliphatic heterocycles. The van der Waals surface area contributed by atoms with Gasteiger partial charge in [-0.3, -0.25) is 9.59 Å². The number of hydrogen-bond acceptors (Lipinski definition) is 5. The predicted octanol–water partition coefficient (Wildman–Crippen LogP) is 2.13. The summed E-state index contributed by atoms with van der Waals surface area (Å²) in [6.45, 7) is 4.65. The van der Waals surface area contributed by atoms with Crippen LogP contribution in [0.4, 0.5) is 0 Å². The molecule has 1 aromatic heterocycles. The van der Waals surface area contributed by atoms with Crippen molar-refractivity contribution in [1.29, 1.82) is 0 Å². The van der Waals surface area contributed by atoms with Gasteiger partial charge in [0.05, 0.1) is 17.1 Å². The van der Waals surface area contributed by atoms with Gasteiger partial charge in [0.25, 0.3) is 5.91 Å². The minimum absolute atomic E-state index is 0.152. The molecule has 1 aliphatic rings. The molecule has 1 atom stereocenters. The molecule has 0 spiro atoms. The summed E-state index contributed by atoms with van der Waals surface area (Å²) in [4.78, 5) is 26.9. The molecule has 8 nitrogen and oxygen atoms in total. The van der Waals surface area contributed by atoms with Crippen molar-refractivity contribution in [2.75, 3.05) is 13.1 Å². The summed E-state index contributed by atoms with van der Waals surface area (Å²) < 4.78 is 32.4. The molecule has 0 saturated carbocycles. The van der Waals surface area contributed by atoms with Gasteiger partial charge in [0.1, 0.15) is 0 Å². The van der Waals surface area contributed by atoms with Crippen molar-refractivity contribution >= 4 is 21.8 Å². The van der Waals surface area contributed by atoms with Crippen molar-refractivity contribution in [1.82, 2.24) is 14.9 Å². The Morgan fingerprint density at radius 3 is 2.73 bits per heavy atom. The number of nitrogens with zero attached hydrogens (tertiary/aromatic N) is 1. The predicted molar refractivity (Wildman–Crippen MR) is 111 cm³/mol. The van der Waals surface area contributed by atoms with Gasteiger partial charge in [0, 0.05) is 25.7 Å². The van der Waals surface area contributed by atoms with Gasteiger partial charge in [-0.15, -0.1) is 0 Å². The van der Waals surface area contributed by atoms with Gasteiger partial charge in [-0.25, -0.2) is 13.1 Å². The summed E-state index contributed by atoms with van der Waals surface area (Å²) in [5.74, 6) is -0.412. The fraction of sp³-hybridized carbons (Fsp3) is 0.429. The first kappa shape index (κ1) is 22.0. The number of carbonyl (C=O) groups is 2. The lowest BCUT2D eigenvalue weighted by atomic mass is 9.96. The zero-order valence-electron chi connectivity index (χ0n) is 17.1. The Balaban J connectivity index is 1.59. The first-order valence-corrected chi connectivity index (χ1v) is 11.5. The lowest BCUT2D eigenvalue weighted by molar-refractivity contribution is -0.126. The number of hydrogen-bond donors (Lipinski definition) is 2. The van der Waals surface area contributed by atoms with E-state index in [0.717, 1.165) is 6.42 Å². The molecule has 1 saturated heterocycles. The van der Waals surface area contributed by atoms with E-state index in [1.165, 1.54) is 12.3 Å². The van der Waals surface area contributed by atoms with E-state index in [0.29, 0.717) is 25.1 Å². The number of sulfonamides is 1. The molecule has 9 heteroatoms. The fourth-order valence-electron chi connectivity index (χ4n) is 3.47. The molecule has 30 heavy (non-hydrogen) atoms. The van der Waals surface area contributed by atoms with Gasteiger partial charge in [0.2, 0.25) is 15.9 Å². The Kier molecular flexibility index (Phi) is 6.94. The van der Waals surface area contributed by atoms with Crippen molar-refractivity contribution in [2.45, 2.75) is 44.2 Å². The first-order chi connectivity index (χ1) is 14.3. The number of likely N-dealkylation sites (tertiary alicyclic amines) is 1. The molecule has 0 radical (unpaired) electrons. The molecule has 3 rings (SSSR count). The smallest absolute Gasteiger partial charge is 0.289 e. The molecule has 0 aliphatic carbocycles. The van der Waals surface area contributed by atoms with E-state index < -0.39 is 10.0 Å². The highest BCUT2D eigenvalue weighted by Crippen LogP contribution is 2.19. The van der Waals surface area contributed by atoms with E-state index in [4.69, 9.17) is 4.42 Å². The molecular formula is C21H27N3O5S. The summed E-state index contributed by atoms with van der Waals surface area (Å²) in [6, 6.07) is 9.56. The number of carbonyl (C=O) groups excluding carboxylic acids is 2. The van der Waals surface area contributed by atoms with Crippen LogP contribution in [0, 0.1) is 5.92 Å². The van der Waals surface area contributed by atoms with E-state index in [2.05, 4.69) is 10.0 Å². The number of rotatable bonds is 7. The molecule has 1 unspecified atom stereocenters. The van der Waals surface area contributed by atoms with Gasteiger partial charge in [0.15, 0.2) is 5.76 Å². The summed E-state index contributed by atoms with van der Waals surface area (Å²) in [7, 11) is -3.60. The molecule has 162 valence electrons. The van der Waals surface area contributed by atoms with Crippen LogP contribution in [0.3, 0.4) is 0 Å². The van der Waals surface area contributed by atoms with Gasteiger partial charge < -0.3 is 14.6 Å². The molecule has 1 fully saturated rings. The van der Waals surface area contributed by atoms with E-state index in [-0.39, 0.29) is 41.0 Å². The summed E-state index contributed by atoms with van der Waals surface area (Å²) in [6.07, 6.45) is 2.88. The van der Waals surface area contributed by atoms with E-state index in [1.807, 2.05) is 0 Å². The van der Waals surface area contributed by atoms with Gasteiger partial charge in [-0.05, 0) is 56.5 Å². The van der Waals surface area contributed by atoms with Crippen LogP contribution in [0.15, 0.2) is 52.0 Å². The van der Waals surface area contributed by atoms with E-state index in [9.17, 15) is 18.0 Å². The van der Waals surface area contributed by atoms with Crippen LogP contribution in [0.5, 0.6) is 0 Å². The maximum absolute atomic E-state index is 12.7. The highest BCUT2D eigenvalue weighted by atomic mass is 32.2. The van der Waals surface area contributed by atoms with Gasteiger partial charge in [-0.2, -0.15) is 0 Å². The Bertz CT molecular complexity index is 986. The topological polar surface area (TPSA) is 109 Å².